The lowest BCUT2D eigenvalue weighted by Gasteiger charge is -2.01. The Morgan fingerprint density at radius 3 is 3.08 bits per heavy atom. The lowest BCUT2D eigenvalue weighted by molar-refractivity contribution is -0.120. The summed E-state index contributed by atoms with van der Waals surface area (Å²) in [6.45, 7) is 1.23. The molecule has 13 heavy (non-hydrogen) atoms. The summed E-state index contributed by atoms with van der Waals surface area (Å²) >= 11 is 0. The van der Waals surface area contributed by atoms with Gasteiger partial charge in [-0.15, -0.1) is 0 Å². The molecule has 1 aromatic rings. The summed E-state index contributed by atoms with van der Waals surface area (Å²) in [7, 11) is 0. The second-order valence-electron chi connectivity index (χ2n) is 2.75. The van der Waals surface area contributed by atoms with Gasteiger partial charge in [0.25, 0.3) is 0 Å². The number of nitrogens with two attached hydrogens (primary N) is 1. The van der Waals surface area contributed by atoms with Crippen LogP contribution in [-0.4, -0.2) is 19.0 Å². The Balaban J connectivity index is 2.18. The quantitative estimate of drug-likeness (QED) is 0.643. The summed E-state index contributed by atoms with van der Waals surface area (Å²) in [5.41, 5.74) is 5.28. The van der Waals surface area contributed by atoms with Gasteiger partial charge in [-0.25, -0.2) is 0 Å². The highest BCUT2D eigenvalue weighted by molar-refractivity contribution is 5.77. The first-order valence-electron chi connectivity index (χ1n) is 4.32. The fourth-order valence-electron chi connectivity index (χ4n) is 0.964. The van der Waals surface area contributed by atoms with Gasteiger partial charge in [-0.3, -0.25) is 4.79 Å². The third-order valence-corrected chi connectivity index (χ3v) is 1.62. The molecule has 0 saturated carbocycles. The smallest absolute Gasteiger partial charge is 0.227 e. The third-order valence-electron chi connectivity index (χ3n) is 1.62. The van der Waals surface area contributed by atoms with Gasteiger partial charge in [0.05, 0.1) is 12.7 Å². The molecule has 0 saturated heterocycles. The summed E-state index contributed by atoms with van der Waals surface area (Å²) in [4.78, 5) is 11.2. The number of amides is 1. The van der Waals surface area contributed by atoms with Gasteiger partial charge < -0.3 is 15.5 Å². The summed E-state index contributed by atoms with van der Waals surface area (Å²) < 4.78 is 5.02. The molecule has 72 valence electrons. The number of carbonyl (C=O) groups is 1. The van der Waals surface area contributed by atoms with Crippen molar-refractivity contribution in [3.05, 3.63) is 24.2 Å². The normalized spacial score (nSPS) is 9.92. The van der Waals surface area contributed by atoms with Gasteiger partial charge in [0, 0.05) is 6.54 Å². The molecule has 1 aromatic heterocycles. The number of hydrogen-bond donors (Lipinski definition) is 2. The minimum Gasteiger partial charge on any atom is -0.469 e. The molecular formula is C9H14N2O2. The Kier molecular flexibility index (Phi) is 4.05. The third kappa shape index (κ3) is 3.75. The number of carbonyl (C=O) groups excluding carboxylic acids is 1. The second kappa shape index (κ2) is 5.37. The lowest BCUT2D eigenvalue weighted by atomic mass is 10.3. The molecule has 0 bridgehead atoms. The summed E-state index contributed by atoms with van der Waals surface area (Å²) in [5.74, 6) is 0.661. The maximum Gasteiger partial charge on any atom is 0.227 e. The van der Waals surface area contributed by atoms with E-state index in [1.807, 2.05) is 0 Å². The molecule has 0 spiro atoms. The molecule has 0 atom stereocenters. The molecule has 4 heteroatoms. The number of hydrogen-bond acceptors (Lipinski definition) is 3. The van der Waals surface area contributed by atoms with Crippen LogP contribution < -0.4 is 11.1 Å². The van der Waals surface area contributed by atoms with Crippen LogP contribution >= 0.6 is 0 Å². The standard InChI is InChI=1S/C9H14N2O2/c10-4-2-5-11-9(12)7-8-3-1-6-13-8/h1,3,6H,2,4-5,7,10H2,(H,11,12). The largest absolute Gasteiger partial charge is 0.469 e. The van der Waals surface area contributed by atoms with Crippen LogP contribution in [0.1, 0.15) is 12.2 Å². The Morgan fingerprint density at radius 1 is 1.62 bits per heavy atom. The first-order valence-corrected chi connectivity index (χ1v) is 4.32. The fourth-order valence-corrected chi connectivity index (χ4v) is 0.964. The van der Waals surface area contributed by atoms with E-state index in [-0.39, 0.29) is 5.91 Å². The van der Waals surface area contributed by atoms with Gasteiger partial charge >= 0.3 is 0 Å². The highest BCUT2D eigenvalue weighted by Crippen LogP contribution is 2.00. The zero-order valence-electron chi connectivity index (χ0n) is 7.45. The van der Waals surface area contributed by atoms with E-state index in [4.69, 9.17) is 10.2 Å². The predicted molar refractivity (Wildman–Crippen MR) is 49.1 cm³/mol. The van der Waals surface area contributed by atoms with E-state index in [9.17, 15) is 4.79 Å². The summed E-state index contributed by atoms with van der Waals surface area (Å²) in [6, 6.07) is 3.55. The molecule has 3 N–H and O–H groups in total. The minimum absolute atomic E-state index is 0.0246. The number of nitrogens with one attached hydrogen (secondary N) is 1. The zero-order chi connectivity index (χ0) is 9.52. The van der Waals surface area contributed by atoms with Crippen LogP contribution in [-0.2, 0) is 11.2 Å². The van der Waals surface area contributed by atoms with Crippen molar-refractivity contribution in [2.75, 3.05) is 13.1 Å². The molecule has 0 radical (unpaired) electrons. The van der Waals surface area contributed by atoms with Gasteiger partial charge in [0.1, 0.15) is 5.76 Å². The van der Waals surface area contributed by atoms with Crippen molar-refractivity contribution in [1.82, 2.24) is 5.32 Å². The summed E-state index contributed by atoms with van der Waals surface area (Å²) in [6.07, 6.45) is 2.67. The Bertz CT molecular complexity index is 244. The number of furan rings is 1. The average Bonchev–Trinajstić information content (AvgIpc) is 2.57. The van der Waals surface area contributed by atoms with Crippen molar-refractivity contribution < 1.29 is 9.21 Å². The van der Waals surface area contributed by atoms with Crippen LogP contribution in [0.25, 0.3) is 0 Å². The van der Waals surface area contributed by atoms with Crippen LogP contribution in [0.5, 0.6) is 0 Å². The maximum atomic E-state index is 11.2. The molecule has 1 rings (SSSR count). The van der Waals surface area contributed by atoms with E-state index in [1.54, 1.807) is 18.4 Å². The predicted octanol–water partition coefficient (Wildman–Crippen LogP) is 0.287. The Morgan fingerprint density at radius 2 is 2.46 bits per heavy atom. The Labute approximate surface area is 77.1 Å². The second-order valence-corrected chi connectivity index (χ2v) is 2.75. The van der Waals surface area contributed by atoms with Gasteiger partial charge in [-0.2, -0.15) is 0 Å². The summed E-state index contributed by atoms with van der Waals surface area (Å²) in [5, 5.41) is 2.74. The van der Waals surface area contributed by atoms with Gasteiger partial charge in [0.2, 0.25) is 5.91 Å². The zero-order valence-corrected chi connectivity index (χ0v) is 7.45. The van der Waals surface area contributed by atoms with Crippen LogP contribution in [0.15, 0.2) is 22.8 Å². The van der Waals surface area contributed by atoms with E-state index in [1.165, 1.54) is 0 Å². The molecule has 0 aliphatic rings. The molecule has 0 aliphatic heterocycles. The van der Waals surface area contributed by atoms with Crippen LogP contribution in [0.2, 0.25) is 0 Å². The van der Waals surface area contributed by atoms with Crippen molar-refractivity contribution in [1.29, 1.82) is 0 Å². The van der Waals surface area contributed by atoms with Crippen molar-refractivity contribution in [2.24, 2.45) is 5.73 Å². The van der Waals surface area contributed by atoms with E-state index in [2.05, 4.69) is 5.32 Å². The molecule has 1 heterocycles. The first-order chi connectivity index (χ1) is 6.33. The Hall–Kier alpha value is -1.29. The highest BCUT2D eigenvalue weighted by Gasteiger charge is 2.03. The van der Waals surface area contributed by atoms with Crippen molar-refractivity contribution in [3.63, 3.8) is 0 Å². The van der Waals surface area contributed by atoms with Crippen LogP contribution in [0.4, 0.5) is 0 Å². The monoisotopic (exact) mass is 182 g/mol. The average molecular weight is 182 g/mol. The van der Waals surface area contributed by atoms with E-state index >= 15 is 0 Å². The van der Waals surface area contributed by atoms with Crippen LogP contribution in [0.3, 0.4) is 0 Å². The minimum atomic E-state index is -0.0246. The van der Waals surface area contributed by atoms with E-state index in [0.29, 0.717) is 25.3 Å². The first kappa shape index (κ1) is 9.80. The van der Waals surface area contributed by atoms with Gasteiger partial charge in [0.15, 0.2) is 0 Å². The SMILES string of the molecule is NCCCNC(=O)Cc1ccco1. The molecule has 4 nitrogen and oxygen atoms in total. The molecule has 1 amide bonds. The van der Waals surface area contributed by atoms with Gasteiger partial charge in [-0.05, 0) is 25.1 Å². The van der Waals surface area contributed by atoms with E-state index < -0.39 is 0 Å². The van der Waals surface area contributed by atoms with Crippen molar-refractivity contribution >= 4 is 5.91 Å². The highest BCUT2D eigenvalue weighted by atomic mass is 16.3. The topological polar surface area (TPSA) is 68.3 Å². The lowest BCUT2D eigenvalue weighted by Crippen LogP contribution is -2.27. The molecule has 0 aromatic carbocycles. The van der Waals surface area contributed by atoms with Crippen molar-refractivity contribution in [2.45, 2.75) is 12.8 Å². The fraction of sp³-hybridized carbons (Fsp3) is 0.444. The van der Waals surface area contributed by atoms with Gasteiger partial charge in [-0.1, -0.05) is 0 Å². The maximum absolute atomic E-state index is 11.2. The number of rotatable bonds is 5. The molecule has 0 fully saturated rings. The molecule has 0 unspecified atom stereocenters. The molecule has 0 aliphatic carbocycles. The van der Waals surface area contributed by atoms with Crippen molar-refractivity contribution in [3.8, 4) is 0 Å². The molecular weight excluding hydrogens is 168 g/mol. The van der Waals surface area contributed by atoms with Crippen LogP contribution in [0, 0.1) is 0 Å². The van der Waals surface area contributed by atoms with E-state index in [0.717, 1.165) is 6.42 Å².